The fourth-order valence-electron chi connectivity index (χ4n) is 3.43. The lowest BCUT2D eigenvalue weighted by atomic mass is 10.1. The van der Waals surface area contributed by atoms with Gasteiger partial charge in [-0.15, -0.1) is 0 Å². The van der Waals surface area contributed by atoms with E-state index in [0.717, 1.165) is 50.1 Å². The number of carbonyl (C=O) groups excluding carboxylic acids is 2. The van der Waals surface area contributed by atoms with Crippen LogP contribution in [-0.4, -0.2) is 48.4 Å². The second-order valence-electron chi connectivity index (χ2n) is 6.93. The predicted octanol–water partition coefficient (Wildman–Crippen LogP) is 3.08. The number of ether oxygens (including phenoxy) is 1. The Hall–Kier alpha value is -2.89. The molecule has 2 aromatic rings. The zero-order valence-corrected chi connectivity index (χ0v) is 16.3. The number of methoxy groups -OCH3 is 1. The normalized spacial score (nSPS) is 14.2. The summed E-state index contributed by atoms with van der Waals surface area (Å²) < 4.78 is 5.33. The highest BCUT2D eigenvalue weighted by atomic mass is 16.5. The SMILES string of the molecule is COc1ccccc1CCNC(=O)c1cccc(C(=O)N2CCCCCC2)n1. The van der Waals surface area contributed by atoms with Crippen LogP contribution in [0.15, 0.2) is 42.5 Å². The summed E-state index contributed by atoms with van der Waals surface area (Å²) in [4.78, 5) is 31.3. The van der Waals surface area contributed by atoms with Gasteiger partial charge in [-0.2, -0.15) is 0 Å². The first-order chi connectivity index (χ1) is 13.7. The van der Waals surface area contributed by atoms with Gasteiger partial charge in [0.15, 0.2) is 0 Å². The first-order valence-electron chi connectivity index (χ1n) is 9.85. The number of amides is 2. The van der Waals surface area contributed by atoms with E-state index in [1.54, 1.807) is 25.3 Å². The van der Waals surface area contributed by atoms with E-state index < -0.39 is 0 Å². The van der Waals surface area contributed by atoms with E-state index in [9.17, 15) is 9.59 Å². The monoisotopic (exact) mass is 381 g/mol. The molecule has 1 aromatic heterocycles. The lowest BCUT2D eigenvalue weighted by Crippen LogP contribution is -2.33. The van der Waals surface area contributed by atoms with Crippen molar-refractivity contribution in [3.8, 4) is 5.75 Å². The predicted molar refractivity (Wildman–Crippen MR) is 108 cm³/mol. The molecule has 1 aromatic carbocycles. The van der Waals surface area contributed by atoms with E-state index in [1.165, 1.54) is 0 Å². The number of carbonyl (C=O) groups is 2. The van der Waals surface area contributed by atoms with Crippen LogP contribution in [0.2, 0.25) is 0 Å². The summed E-state index contributed by atoms with van der Waals surface area (Å²) in [5, 5.41) is 2.87. The third kappa shape index (κ3) is 5.09. The van der Waals surface area contributed by atoms with Crippen molar-refractivity contribution in [1.82, 2.24) is 15.2 Å². The maximum atomic E-state index is 12.7. The van der Waals surface area contributed by atoms with E-state index in [0.29, 0.717) is 18.7 Å². The topological polar surface area (TPSA) is 71.5 Å². The highest BCUT2D eigenvalue weighted by Crippen LogP contribution is 2.17. The van der Waals surface area contributed by atoms with Gasteiger partial charge in [0.05, 0.1) is 7.11 Å². The number of likely N-dealkylation sites (tertiary alicyclic amines) is 1. The summed E-state index contributed by atoms with van der Waals surface area (Å²) in [7, 11) is 1.63. The molecule has 0 radical (unpaired) electrons. The van der Waals surface area contributed by atoms with Crippen molar-refractivity contribution in [2.45, 2.75) is 32.1 Å². The molecule has 1 aliphatic heterocycles. The quantitative estimate of drug-likeness (QED) is 0.835. The van der Waals surface area contributed by atoms with Gasteiger partial charge in [0.2, 0.25) is 0 Å². The van der Waals surface area contributed by atoms with Gasteiger partial charge in [0.1, 0.15) is 17.1 Å². The largest absolute Gasteiger partial charge is 0.496 e. The number of rotatable bonds is 6. The van der Waals surface area contributed by atoms with Gasteiger partial charge in [-0.25, -0.2) is 4.98 Å². The zero-order valence-electron chi connectivity index (χ0n) is 16.3. The Morgan fingerprint density at radius 3 is 2.46 bits per heavy atom. The molecule has 1 N–H and O–H groups in total. The molecule has 2 heterocycles. The molecule has 0 aliphatic carbocycles. The van der Waals surface area contributed by atoms with Crippen LogP contribution in [0.25, 0.3) is 0 Å². The Morgan fingerprint density at radius 1 is 1.00 bits per heavy atom. The molecule has 2 amide bonds. The van der Waals surface area contributed by atoms with Gasteiger partial charge in [0, 0.05) is 19.6 Å². The fourth-order valence-corrected chi connectivity index (χ4v) is 3.43. The summed E-state index contributed by atoms with van der Waals surface area (Å²) in [5.41, 5.74) is 1.63. The number of nitrogens with zero attached hydrogens (tertiary/aromatic N) is 2. The first-order valence-corrected chi connectivity index (χ1v) is 9.85. The molecule has 1 fully saturated rings. The summed E-state index contributed by atoms with van der Waals surface area (Å²) in [6.07, 6.45) is 5.02. The fraction of sp³-hybridized carbons (Fsp3) is 0.409. The molecule has 3 rings (SSSR count). The molecular formula is C22H27N3O3. The minimum Gasteiger partial charge on any atom is -0.496 e. The average Bonchev–Trinajstić information content (AvgIpc) is 3.03. The van der Waals surface area contributed by atoms with Gasteiger partial charge in [-0.3, -0.25) is 9.59 Å². The smallest absolute Gasteiger partial charge is 0.272 e. The Balaban J connectivity index is 1.59. The van der Waals surface area contributed by atoms with Crippen LogP contribution >= 0.6 is 0 Å². The van der Waals surface area contributed by atoms with Crippen molar-refractivity contribution in [2.24, 2.45) is 0 Å². The van der Waals surface area contributed by atoms with Crippen LogP contribution in [0.4, 0.5) is 0 Å². The molecular weight excluding hydrogens is 354 g/mol. The second-order valence-corrected chi connectivity index (χ2v) is 6.93. The summed E-state index contributed by atoms with van der Waals surface area (Å²) in [6.45, 7) is 1.98. The van der Waals surface area contributed by atoms with Gasteiger partial charge >= 0.3 is 0 Å². The van der Waals surface area contributed by atoms with Crippen molar-refractivity contribution in [3.63, 3.8) is 0 Å². The number of pyridine rings is 1. The van der Waals surface area contributed by atoms with E-state index >= 15 is 0 Å². The number of benzene rings is 1. The minimum absolute atomic E-state index is 0.0921. The van der Waals surface area contributed by atoms with Crippen molar-refractivity contribution in [2.75, 3.05) is 26.7 Å². The third-order valence-electron chi connectivity index (χ3n) is 4.97. The van der Waals surface area contributed by atoms with Crippen LogP contribution in [0.3, 0.4) is 0 Å². The molecule has 6 heteroatoms. The van der Waals surface area contributed by atoms with E-state index in [2.05, 4.69) is 10.3 Å². The van der Waals surface area contributed by atoms with Crippen molar-refractivity contribution >= 4 is 11.8 Å². The third-order valence-corrected chi connectivity index (χ3v) is 4.97. The number of aromatic nitrogens is 1. The molecule has 0 unspecified atom stereocenters. The maximum absolute atomic E-state index is 12.7. The van der Waals surface area contributed by atoms with Gasteiger partial charge in [0.25, 0.3) is 11.8 Å². The van der Waals surface area contributed by atoms with Crippen LogP contribution < -0.4 is 10.1 Å². The molecule has 0 spiro atoms. The first kappa shape index (κ1) is 19.9. The average molecular weight is 381 g/mol. The summed E-state index contributed by atoms with van der Waals surface area (Å²) >= 11 is 0. The Labute approximate surface area is 165 Å². The lowest BCUT2D eigenvalue weighted by Gasteiger charge is -2.19. The Morgan fingerprint density at radius 2 is 1.71 bits per heavy atom. The number of nitrogens with one attached hydrogen (secondary N) is 1. The van der Waals surface area contributed by atoms with Gasteiger partial charge < -0.3 is 15.0 Å². The lowest BCUT2D eigenvalue weighted by molar-refractivity contribution is 0.0755. The van der Waals surface area contributed by atoms with Gasteiger partial charge in [-0.05, 0) is 43.0 Å². The van der Waals surface area contributed by atoms with Crippen molar-refractivity contribution in [1.29, 1.82) is 0 Å². The maximum Gasteiger partial charge on any atom is 0.272 e. The molecule has 0 bridgehead atoms. The molecule has 0 atom stereocenters. The minimum atomic E-state index is -0.277. The van der Waals surface area contributed by atoms with Crippen molar-refractivity contribution < 1.29 is 14.3 Å². The van der Waals surface area contributed by atoms with Crippen LogP contribution in [0, 0.1) is 0 Å². The molecule has 1 saturated heterocycles. The van der Waals surface area contributed by atoms with E-state index in [-0.39, 0.29) is 17.5 Å². The van der Waals surface area contributed by atoms with E-state index in [1.807, 2.05) is 29.2 Å². The van der Waals surface area contributed by atoms with Crippen LogP contribution in [0.1, 0.15) is 52.2 Å². The van der Waals surface area contributed by atoms with Crippen LogP contribution in [0.5, 0.6) is 5.75 Å². The standard InChI is InChI=1S/C22H27N3O3/c1-28-20-12-5-4-9-17(20)13-14-23-21(26)18-10-8-11-19(24-18)22(27)25-15-6-2-3-7-16-25/h4-5,8-12H,2-3,6-7,13-16H2,1H3,(H,23,26). The molecule has 148 valence electrons. The highest BCUT2D eigenvalue weighted by Gasteiger charge is 2.19. The van der Waals surface area contributed by atoms with Crippen LogP contribution in [-0.2, 0) is 6.42 Å². The summed E-state index contributed by atoms with van der Waals surface area (Å²) in [5.74, 6) is 0.436. The highest BCUT2D eigenvalue weighted by molar-refractivity contribution is 5.96. The number of para-hydroxylation sites is 1. The molecule has 0 saturated carbocycles. The molecule has 1 aliphatic rings. The second kappa shape index (κ2) is 9.88. The molecule has 6 nitrogen and oxygen atoms in total. The number of hydrogen-bond acceptors (Lipinski definition) is 4. The molecule has 28 heavy (non-hydrogen) atoms. The Kier molecular flexibility index (Phi) is 7.00. The summed E-state index contributed by atoms with van der Waals surface area (Å²) in [6, 6.07) is 12.8. The zero-order chi connectivity index (χ0) is 19.8. The number of hydrogen-bond donors (Lipinski definition) is 1. The van der Waals surface area contributed by atoms with Gasteiger partial charge in [-0.1, -0.05) is 37.1 Å². The Bertz CT molecular complexity index is 814. The van der Waals surface area contributed by atoms with E-state index in [4.69, 9.17) is 4.74 Å². The van der Waals surface area contributed by atoms with Crippen molar-refractivity contribution in [3.05, 3.63) is 59.4 Å².